The lowest BCUT2D eigenvalue weighted by atomic mass is 9.51. The molecule has 7 atom stereocenters. The van der Waals surface area contributed by atoms with Gasteiger partial charge in [0.15, 0.2) is 5.78 Å². The fraction of sp³-hybridized carbons (Fsp3) is 0.833. The van der Waals surface area contributed by atoms with Crippen LogP contribution in [0.4, 0.5) is 0 Å². The van der Waals surface area contributed by atoms with E-state index in [1.807, 2.05) is 0 Å². The highest BCUT2D eigenvalue weighted by Gasteiger charge is 2.54. The fourth-order valence-corrected chi connectivity index (χ4v) is 6.46. The molecule has 1 amide bonds. The van der Waals surface area contributed by atoms with Crippen molar-refractivity contribution < 1.29 is 19.8 Å². The first-order valence-electron chi connectivity index (χ1n) is 11.7. The van der Waals surface area contributed by atoms with Gasteiger partial charge in [0, 0.05) is 5.41 Å². The highest BCUT2D eigenvalue weighted by atomic mass is 16.3. The molecule has 3 fully saturated rings. The molecule has 0 aromatic heterocycles. The van der Waals surface area contributed by atoms with Crippen LogP contribution in [0.2, 0.25) is 0 Å². The molecule has 0 aromatic rings. The first kappa shape index (κ1) is 22.3. The molecule has 5 nitrogen and oxygen atoms in total. The third-order valence-corrected chi connectivity index (χ3v) is 8.18. The molecule has 3 rings (SSSR count). The molecule has 0 radical (unpaired) electrons. The normalized spacial score (nSPS) is 40.4. The molecule has 0 spiro atoms. The molecule has 0 bridgehead atoms. The molecule has 164 valence electrons. The summed E-state index contributed by atoms with van der Waals surface area (Å²) in [7, 11) is 0. The standard InChI is InChI=1S/C24H39NO4/c1-5-6-7-8-17-11-10-16-13-14(2)9-12-18(16)24(17,4)22(28)19-21(27)20(15(3)26)25-23(19)29/h14-18,20,26,28H,5-13H2,1-4H3,(H,25,29)/b22-19-. The Bertz CT molecular complexity index is 670. The van der Waals surface area contributed by atoms with Crippen molar-refractivity contribution >= 4 is 11.7 Å². The van der Waals surface area contributed by atoms with Crippen LogP contribution in [0.3, 0.4) is 0 Å². The molecule has 1 aliphatic heterocycles. The van der Waals surface area contributed by atoms with Crippen LogP contribution in [0.5, 0.6) is 0 Å². The number of ketones is 1. The molecule has 7 unspecified atom stereocenters. The van der Waals surface area contributed by atoms with Crippen LogP contribution < -0.4 is 5.32 Å². The van der Waals surface area contributed by atoms with Gasteiger partial charge in [-0.3, -0.25) is 9.59 Å². The Hall–Kier alpha value is -1.36. The van der Waals surface area contributed by atoms with Gasteiger partial charge in [0.25, 0.3) is 5.91 Å². The molecule has 3 N–H and O–H groups in total. The van der Waals surface area contributed by atoms with Crippen molar-refractivity contribution in [1.29, 1.82) is 0 Å². The number of Topliss-reactive ketones (excluding diaryl/α,β-unsaturated/α-hetero) is 1. The molecule has 0 aromatic carbocycles. The quantitative estimate of drug-likeness (QED) is 0.266. The Morgan fingerprint density at radius 3 is 2.55 bits per heavy atom. The van der Waals surface area contributed by atoms with Gasteiger partial charge in [-0.2, -0.15) is 0 Å². The number of rotatable bonds is 6. The number of aliphatic hydroxyl groups excluding tert-OH is 2. The summed E-state index contributed by atoms with van der Waals surface area (Å²) in [4.78, 5) is 25.5. The lowest BCUT2D eigenvalue weighted by molar-refractivity contribution is -0.118. The number of fused-ring (bicyclic) bond motifs is 1. The third kappa shape index (κ3) is 3.99. The van der Waals surface area contributed by atoms with Crippen LogP contribution in [0, 0.1) is 29.1 Å². The van der Waals surface area contributed by atoms with Crippen LogP contribution in [0.1, 0.15) is 85.5 Å². The van der Waals surface area contributed by atoms with E-state index in [1.165, 1.54) is 26.2 Å². The number of carbonyl (C=O) groups is 2. The van der Waals surface area contributed by atoms with Crippen molar-refractivity contribution in [3.05, 3.63) is 11.3 Å². The van der Waals surface area contributed by atoms with E-state index in [-0.39, 0.29) is 17.3 Å². The van der Waals surface area contributed by atoms with E-state index in [0.29, 0.717) is 17.8 Å². The summed E-state index contributed by atoms with van der Waals surface area (Å²) < 4.78 is 0. The van der Waals surface area contributed by atoms with E-state index >= 15 is 0 Å². The summed E-state index contributed by atoms with van der Waals surface area (Å²) in [5, 5.41) is 24.0. The molecule has 3 aliphatic rings. The van der Waals surface area contributed by atoms with Crippen LogP contribution in [-0.4, -0.2) is 34.0 Å². The average Bonchev–Trinajstić information content (AvgIpc) is 2.97. The van der Waals surface area contributed by atoms with Gasteiger partial charge < -0.3 is 15.5 Å². The maximum atomic E-state index is 12.9. The first-order chi connectivity index (χ1) is 13.7. The molecule has 5 heteroatoms. The second-order valence-corrected chi connectivity index (χ2v) is 10.1. The van der Waals surface area contributed by atoms with Gasteiger partial charge in [0.2, 0.25) is 0 Å². The minimum atomic E-state index is -0.973. The van der Waals surface area contributed by atoms with Gasteiger partial charge in [-0.1, -0.05) is 46.5 Å². The zero-order valence-corrected chi connectivity index (χ0v) is 18.5. The summed E-state index contributed by atoms with van der Waals surface area (Å²) in [5.41, 5.74) is -0.648. The van der Waals surface area contributed by atoms with Gasteiger partial charge in [0.1, 0.15) is 17.4 Å². The number of hydrogen-bond acceptors (Lipinski definition) is 4. The number of amides is 1. The second-order valence-electron chi connectivity index (χ2n) is 10.1. The Kier molecular flexibility index (Phi) is 6.77. The Labute approximate surface area is 175 Å². The smallest absolute Gasteiger partial charge is 0.259 e. The Morgan fingerprint density at radius 1 is 1.21 bits per heavy atom. The fourth-order valence-electron chi connectivity index (χ4n) is 6.46. The van der Waals surface area contributed by atoms with Gasteiger partial charge in [-0.25, -0.2) is 0 Å². The third-order valence-electron chi connectivity index (χ3n) is 8.18. The number of unbranched alkanes of at least 4 members (excludes halogenated alkanes) is 2. The Balaban J connectivity index is 2.01. The lowest BCUT2D eigenvalue weighted by Gasteiger charge is -2.54. The summed E-state index contributed by atoms with van der Waals surface area (Å²) in [6.07, 6.45) is 9.05. The second kappa shape index (κ2) is 8.79. The van der Waals surface area contributed by atoms with Crippen molar-refractivity contribution in [1.82, 2.24) is 5.32 Å². The predicted octanol–water partition coefficient (Wildman–Crippen LogP) is 4.30. The molecule has 2 aliphatic carbocycles. The van der Waals surface area contributed by atoms with Crippen molar-refractivity contribution in [3.8, 4) is 0 Å². The highest BCUT2D eigenvalue weighted by molar-refractivity contribution is 6.27. The van der Waals surface area contributed by atoms with Crippen LogP contribution >= 0.6 is 0 Å². The number of hydrogen-bond donors (Lipinski definition) is 3. The van der Waals surface area contributed by atoms with E-state index in [0.717, 1.165) is 38.5 Å². The van der Waals surface area contributed by atoms with Gasteiger partial charge in [-0.05, 0) is 62.7 Å². The number of nitrogens with one attached hydrogen (secondary N) is 1. The topological polar surface area (TPSA) is 86.6 Å². The Morgan fingerprint density at radius 2 is 1.93 bits per heavy atom. The zero-order valence-electron chi connectivity index (χ0n) is 18.5. The largest absolute Gasteiger partial charge is 0.511 e. The van der Waals surface area contributed by atoms with Crippen LogP contribution in [0.15, 0.2) is 11.3 Å². The molecule has 1 saturated heterocycles. The van der Waals surface area contributed by atoms with Crippen LogP contribution in [-0.2, 0) is 9.59 Å². The minimum absolute atomic E-state index is 0.00565. The van der Waals surface area contributed by atoms with E-state index < -0.39 is 29.3 Å². The summed E-state index contributed by atoms with van der Waals surface area (Å²) >= 11 is 0. The van der Waals surface area contributed by atoms with Crippen molar-refractivity contribution in [2.75, 3.05) is 0 Å². The van der Waals surface area contributed by atoms with E-state index in [4.69, 9.17) is 0 Å². The summed E-state index contributed by atoms with van der Waals surface area (Å²) in [5.74, 6) is 0.832. The van der Waals surface area contributed by atoms with Gasteiger partial charge in [-0.15, -0.1) is 0 Å². The van der Waals surface area contributed by atoms with Gasteiger partial charge in [0.05, 0.1) is 6.10 Å². The van der Waals surface area contributed by atoms with E-state index in [1.54, 1.807) is 0 Å². The van der Waals surface area contributed by atoms with E-state index in [2.05, 4.69) is 26.1 Å². The lowest BCUT2D eigenvalue weighted by Crippen LogP contribution is -2.48. The minimum Gasteiger partial charge on any atom is -0.511 e. The first-order valence-corrected chi connectivity index (χ1v) is 11.7. The summed E-state index contributed by atoms with van der Waals surface area (Å²) in [6, 6.07) is -0.951. The molecule has 2 saturated carbocycles. The van der Waals surface area contributed by atoms with Crippen molar-refractivity contribution in [2.24, 2.45) is 29.1 Å². The maximum Gasteiger partial charge on any atom is 0.259 e. The summed E-state index contributed by atoms with van der Waals surface area (Å²) in [6.45, 7) is 8.10. The molecule has 1 heterocycles. The highest BCUT2D eigenvalue weighted by Crippen LogP contribution is 2.59. The van der Waals surface area contributed by atoms with E-state index in [9.17, 15) is 19.8 Å². The predicted molar refractivity (Wildman–Crippen MR) is 113 cm³/mol. The molecular weight excluding hydrogens is 366 g/mol. The maximum absolute atomic E-state index is 12.9. The van der Waals surface area contributed by atoms with Crippen molar-refractivity contribution in [3.63, 3.8) is 0 Å². The SMILES string of the molecule is CCCCCC1CCC2CC(C)CCC2C1(C)/C(O)=C1/C(=O)NC(C(C)O)C1=O. The van der Waals surface area contributed by atoms with Gasteiger partial charge >= 0.3 is 0 Å². The number of allylic oxidation sites excluding steroid dienone is 1. The number of carbonyl (C=O) groups excluding carboxylic acids is 2. The average molecular weight is 406 g/mol. The molecular formula is C24H39NO4. The monoisotopic (exact) mass is 405 g/mol. The number of aliphatic hydroxyl groups is 2. The van der Waals surface area contributed by atoms with Crippen LogP contribution in [0.25, 0.3) is 0 Å². The van der Waals surface area contributed by atoms with Crippen molar-refractivity contribution in [2.45, 2.75) is 97.6 Å². The molecule has 29 heavy (non-hydrogen) atoms. The zero-order chi connectivity index (χ0) is 21.3.